The highest BCUT2D eigenvalue weighted by Crippen LogP contribution is 2.41. The van der Waals surface area contributed by atoms with Crippen LogP contribution in [0.2, 0.25) is 0 Å². The van der Waals surface area contributed by atoms with Gasteiger partial charge in [0.2, 0.25) is 0 Å². The van der Waals surface area contributed by atoms with Gasteiger partial charge in [0.1, 0.15) is 0 Å². The smallest absolute Gasteiger partial charge is 0.406 e. The zero-order valence-electron chi connectivity index (χ0n) is 20.1. The number of anilines is 1. The number of amides is 1. The highest BCUT2D eigenvalue weighted by molar-refractivity contribution is 6.01. The molecule has 0 atom stereocenters. The standard InChI is InChI=1S/C27H21F6N3O2/c1-34-24-23(22(17-8-4-3-5-9-17)20-10-6-7-11-21(20)35-24)38-25(37)36(2)15-16-12-18(26(28,29)30)14-19(13-16)27(31,32)33/h3-14H,15H2,1-2H3,(H,34,35). The number of carbonyl (C=O) groups is 1. The van der Waals surface area contributed by atoms with Crippen molar-refractivity contribution in [3.63, 3.8) is 0 Å². The first kappa shape index (κ1) is 26.8. The predicted molar refractivity (Wildman–Crippen MR) is 131 cm³/mol. The highest BCUT2D eigenvalue weighted by Gasteiger charge is 2.37. The average molecular weight is 533 g/mol. The van der Waals surface area contributed by atoms with Gasteiger partial charge >= 0.3 is 18.4 Å². The number of hydrogen-bond donors (Lipinski definition) is 1. The van der Waals surface area contributed by atoms with Crippen LogP contribution in [0, 0.1) is 0 Å². The summed E-state index contributed by atoms with van der Waals surface area (Å²) in [6, 6.07) is 17.4. The molecule has 0 bridgehead atoms. The van der Waals surface area contributed by atoms with Gasteiger partial charge in [-0.3, -0.25) is 0 Å². The molecule has 4 rings (SSSR count). The monoisotopic (exact) mass is 533 g/mol. The highest BCUT2D eigenvalue weighted by atomic mass is 19.4. The summed E-state index contributed by atoms with van der Waals surface area (Å²) in [7, 11) is 2.79. The fourth-order valence-corrected chi connectivity index (χ4v) is 3.97. The van der Waals surface area contributed by atoms with Crippen LogP contribution in [-0.2, 0) is 18.9 Å². The second-order valence-corrected chi connectivity index (χ2v) is 8.44. The number of ether oxygens (including phenoxy) is 1. The van der Waals surface area contributed by atoms with Crippen molar-refractivity contribution in [2.75, 3.05) is 19.4 Å². The quantitative estimate of drug-likeness (QED) is 0.268. The molecule has 0 unspecified atom stereocenters. The number of fused-ring (bicyclic) bond motifs is 1. The molecule has 0 aliphatic heterocycles. The van der Waals surface area contributed by atoms with Crippen molar-refractivity contribution in [3.05, 3.63) is 89.5 Å². The molecule has 11 heteroatoms. The van der Waals surface area contributed by atoms with E-state index in [-0.39, 0.29) is 23.2 Å². The molecule has 0 spiro atoms. The van der Waals surface area contributed by atoms with Crippen LogP contribution >= 0.6 is 0 Å². The van der Waals surface area contributed by atoms with Crippen molar-refractivity contribution in [1.82, 2.24) is 9.88 Å². The van der Waals surface area contributed by atoms with Crippen LogP contribution in [0.4, 0.5) is 37.0 Å². The average Bonchev–Trinajstić information content (AvgIpc) is 2.87. The van der Waals surface area contributed by atoms with E-state index in [9.17, 15) is 31.1 Å². The molecule has 1 amide bonds. The number of pyridine rings is 1. The molecule has 0 saturated carbocycles. The van der Waals surface area contributed by atoms with Gasteiger partial charge in [0.05, 0.1) is 16.6 Å². The van der Waals surface area contributed by atoms with Gasteiger partial charge in [-0.15, -0.1) is 0 Å². The Bertz CT molecular complexity index is 1440. The first-order valence-electron chi connectivity index (χ1n) is 11.3. The molecule has 0 fully saturated rings. The Morgan fingerprint density at radius 2 is 1.47 bits per heavy atom. The van der Waals surface area contributed by atoms with Crippen LogP contribution in [0.5, 0.6) is 5.75 Å². The lowest BCUT2D eigenvalue weighted by atomic mass is 10.00. The van der Waals surface area contributed by atoms with Crippen molar-refractivity contribution >= 4 is 22.8 Å². The Morgan fingerprint density at radius 1 is 0.895 bits per heavy atom. The maximum atomic E-state index is 13.2. The third-order valence-electron chi connectivity index (χ3n) is 5.72. The third kappa shape index (κ3) is 5.66. The molecule has 5 nitrogen and oxygen atoms in total. The van der Waals surface area contributed by atoms with E-state index in [1.54, 1.807) is 43.4 Å². The Labute approximate surface area is 213 Å². The van der Waals surface area contributed by atoms with Gasteiger partial charge in [-0.1, -0.05) is 48.5 Å². The summed E-state index contributed by atoms with van der Waals surface area (Å²) in [6.07, 6.45) is -11.0. The summed E-state index contributed by atoms with van der Waals surface area (Å²) < 4.78 is 85.2. The van der Waals surface area contributed by atoms with Gasteiger partial charge in [0.15, 0.2) is 11.6 Å². The minimum atomic E-state index is -5.00. The van der Waals surface area contributed by atoms with E-state index in [0.29, 0.717) is 34.2 Å². The number of aromatic nitrogens is 1. The second kappa shape index (κ2) is 10.2. The van der Waals surface area contributed by atoms with Crippen LogP contribution < -0.4 is 10.1 Å². The second-order valence-electron chi connectivity index (χ2n) is 8.44. The van der Waals surface area contributed by atoms with Gasteiger partial charge < -0.3 is 15.0 Å². The molecular weight excluding hydrogens is 512 g/mol. The van der Waals surface area contributed by atoms with E-state index in [0.717, 1.165) is 4.90 Å². The van der Waals surface area contributed by atoms with Crippen LogP contribution in [-0.4, -0.2) is 30.1 Å². The topological polar surface area (TPSA) is 54.5 Å². The molecule has 38 heavy (non-hydrogen) atoms. The summed E-state index contributed by atoms with van der Waals surface area (Å²) in [5, 5.41) is 3.56. The van der Waals surface area contributed by atoms with Crippen molar-refractivity contribution in [3.8, 4) is 16.9 Å². The van der Waals surface area contributed by atoms with Crippen LogP contribution in [0.3, 0.4) is 0 Å². The van der Waals surface area contributed by atoms with Gasteiger partial charge in [-0.2, -0.15) is 26.3 Å². The number of benzene rings is 3. The number of carbonyl (C=O) groups excluding carboxylic acids is 1. The lowest BCUT2D eigenvalue weighted by molar-refractivity contribution is -0.143. The van der Waals surface area contributed by atoms with Gasteiger partial charge in [0, 0.05) is 31.6 Å². The van der Waals surface area contributed by atoms with Crippen LogP contribution in [0.25, 0.3) is 22.0 Å². The van der Waals surface area contributed by atoms with E-state index < -0.39 is 36.1 Å². The number of rotatable bonds is 5. The fourth-order valence-electron chi connectivity index (χ4n) is 3.97. The molecule has 1 N–H and O–H groups in total. The van der Waals surface area contributed by atoms with E-state index >= 15 is 0 Å². The van der Waals surface area contributed by atoms with Gasteiger partial charge in [0.25, 0.3) is 0 Å². The van der Waals surface area contributed by atoms with Crippen molar-refractivity contribution < 1.29 is 35.9 Å². The maximum Gasteiger partial charge on any atom is 0.416 e. The van der Waals surface area contributed by atoms with Gasteiger partial charge in [-0.05, 0) is 35.4 Å². The first-order chi connectivity index (χ1) is 17.9. The van der Waals surface area contributed by atoms with Gasteiger partial charge in [-0.25, -0.2) is 9.78 Å². The summed E-state index contributed by atoms with van der Waals surface area (Å²) in [5.41, 5.74) is -1.42. The van der Waals surface area contributed by atoms with Crippen LogP contribution in [0.1, 0.15) is 16.7 Å². The Balaban J connectivity index is 1.72. The number of nitrogens with one attached hydrogen (secondary N) is 1. The van der Waals surface area contributed by atoms with Crippen molar-refractivity contribution in [1.29, 1.82) is 0 Å². The molecule has 3 aromatic carbocycles. The molecule has 0 aliphatic carbocycles. The summed E-state index contributed by atoms with van der Waals surface area (Å²) in [5.74, 6) is 0.289. The number of halogens is 6. The Hall–Kier alpha value is -4.28. The van der Waals surface area contributed by atoms with E-state index in [1.807, 2.05) is 18.2 Å². The van der Waals surface area contributed by atoms with E-state index in [1.165, 1.54) is 7.05 Å². The SMILES string of the molecule is CNc1nc2ccccc2c(-c2ccccc2)c1OC(=O)N(C)Cc1cc(C(F)(F)F)cc(C(F)(F)F)c1. The third-order valence-corrected chi connectivity index (χ3v) is 5.72. The lowest BCUT2D eigenvalue weighted by Gasteiger charge is -2.22. The van der Waals surface area contributed by atoms with Crippen molar-refractivity contribution in [2.45, 2.75) is 18.9 Å². The normalized spacial score (nSPS) is 11.9. The Morgan fingerprint density at radius 3 is 2.05 bits per heavy atom. The minimum Gasteiger partial charge on any atom is -0.406 e. The molecule has 1 heterocycles. The zero-order chi connectivity index (χ0) is 27.7. The molecular formula is C27H21F6N3O2. The lowest BCUT2D eigenvalue weighted by Crippen LogP contribution is -2.30. The minimum absolute atomic E-state index is 0.0356. The van der Waals surface area contributed by atoms with Crippen molar-refractivity contribution in [2.24, 2.45) is 0 Å². The molecule has 0 saturated heterocycles. The first-order valence-corrected chi connectivity index (χ1v) is 11.3. The number of nitrogens with zero attached hydrogens (tertiary/aromatic N) is 2. The zero-order valence-corrected chi connectivity index (χ0v) is 20.1. The van der Waals surface area contributed by atoms with E-state index in [4.69, 9.17) is 4.74 Å². The fraction of sp³-hybridized carbons (Fsp3) is 0.185. The number of alkyl halides is 6. The summed E-state index contributed by atoms with van der Waals surface area (Å²) in [4.78, 5) is 18.5. The molecule has 0 radical (unpaired) electrons. The molecule has 0 aliphatic rings. The van der Waals surface area contributed by atoms with E-state index in [2.05, 4.69) is 10.3 Å². The largest absolute Gasteiger partial charge is 0.416 e. The molecule has 1 aromatic heterocycles. The van der Waals surface area contributed by atoms with Crippen LogP contribution in [0.15, 0.2) is 72.8 Å². The predicted octanol–water partition coefficient (Wildman–Crippen LogP) is 7.61. The maximum absolute atomic E-state index is 13.2. The molecule has 198 valence electrons. The molecule has 4 aromatic rings. The number of para-hydroxylation sites is 1. The number of hydrogen-bond acceptors (Lipinski definition) is 4. The summed E-state index contributed by atoms with van der Waals surface area (Å²) >= 11 is 0. The Kier molecular flexibility index (Phi) is 7.21. The summed E-state index contributed by atoms with van der Waals surface area (Å²) in [6.45, 7) is -0.567.